The zero-order valence-electron chi connectivity index (χ0n) is 15.4. The van der Waals surface area contributed by atoms with Gasteiger partial charge in [-0.25, -0.2) is 0 Å². The first-order chi connectivity index (χ1) is 11.8. The number of amides is 1. The van der Waals surface area contributed by atoms with Crippen molar-refractivity contribution in [2.24, 2.45) is 0 Å². The highest BCUT2D eigenvalue weighted by molar-refractivity contribution is 5.91. The Balaban J connectivity index is 1.90. The summed E-state index contributed by atoms with van der Waals surface area (Å²) in [5, 5.41) is 11.8. The van der Waals surface area contributed by atoms with Crippen LogP contribution >= 0.6 is 0 Å². The molecular weight excluding hydrogens is 310 g/mol. The summed E-state index contributed by atoms with van der Waals surface area (Å²) in [5.74, 6) is -0.0566. The zero-order valence-corrected chi connectivity index (χ0v) is 15.4. The SMILES string of the molecule is C[NH+](CC(=O)Nc1cccc(C#N)c1)Cc1ccc(C(C)(C)C)cc1. The van der Waals surface area contributed by atoms with E-state index in [1.165, 1.54) is 11.1 Å². The molecule has 25 heavy (non-hydrogen) atoms. The molecule has 1 unspecified atom stereocenters. The van der Waals surface area contributed by atoms with Crippen LogP contribution in [-0.4, -0.2) is 19.5 Å². The van der Waals surface area contributed by atoms with Crippen molar-refractivity contribution in [3.05, 3.63) is 65.2 Å². The van der Waals surface area contributed by atoms with E-state index in [0.29, 0.717) is 17.8 Å². The number of likely N-dealkylation sites (N-methyl/N-ethyl adjacent to an activating group) is 1. The maximum Gasteiger partial charge on any atom is 0.279 e. The fourth-order valence-corrected chi connectivity index (χ4v) is 2.68. The second kappa shape index (κ2) is 7.96. The van der Waals surface area contributed by atoms with Crippen LogP contribution in [0.5, 0.6) is 0 Å². The number of benzene rings is 2. The second-order valence-corrected chi connectivity index (χ2v) is 7.50. The molecule has 0 radical (unpaired) electrons. The van der Waals surface area contributed by atoms with Crippen molar-refractivity contribution in [3.8, 4) is 6.07 Å². The van der Waals surface area contributed by atoms with Crippen molar-refractivity contribution in [2.75, 3.05) is 18.9 Å². The normalized spacial score (nSPS) is 12.3. The van der Waals surface area contributed by atoms with Crippen LogP contribution in [0.2, 0.25) is 0 Å². The fraction of sp³-hybridized carbons (Fsp3) is 0.333. The Kier molecular flexibility index (Phi) is 5.95. The van der Waals surface area contributed by atoms with Crippen LogP contribution in [0.4, 0.5) is 5.69 Å². The number of quaternary nitrogens is 1. The molecule has 2 aromatic rings. The van der Waals surface area contributed by atoms with Crippen molar-refractivity contribution in [1.82, 2.24) is 0 Å². The molecular formula is C21H26N3O+. The van der Waals surface area contributed by atoms with Crippen molar-refractivity contribution < 1.29 is 9.69 Å². The van der Waals surface area contributed by atoms with Gasteiger partial charge >= 0.3 is 0 Å². The molecule has 0 aromatic heterocycles. The summed E-state index contributed by atoms with van der Waals surface area (Å²) >= 11 is 0. The Labute approximate surface area is 150 Å². The Hall–Kier alpha value is -2.64. The van der Waals surface area contributed by atoms with Gasteiger partial charge in [0, 0.05) is 11.3 Å². The highest BCUT2D eigenvalue weighted by Gasteiger charge is 2.14. The van der Waals surface area contributed by atoms with Gasteiger partial charge in [0.25, 0.3) is 5.91 Å². The van der Waals surface area contributed by atoms with E-state index in [0.717, 1.165) is 11.4 Å². The first-order valence-corrected chi connectivity index (χ1v) is 8.48. The van der Waals surface area contributed by atoms with Gasteiger partial charge in [-0.3, -0.25) is 4.79 Å². The molecule has 0 saturated heterocycles. The lowest BCUT2D eigenvalue weighted by atomic mass is 9.87. The minimum absolute atomic E-state index is 0.0566. The first kappa shape index (κ1) is 18.7. The monoisotopic (exact) mass is 336 g/mol. The van der Waals surface area contributed by atoms with E-state index >= 15 is 0 Å². The Morgan fingerprint density at radius 1 is 1.16 bits per heavy atom. The molecule has 0 heterocycles. The quantitative estimate of drug-likeness (QED) is 0.881. The van der Waals surface area contributed by atoms with Crippen LogP contribution in [0.1, 0.15) is 37.5 Å². The second-order valence-electron chi connectivity index (χ2n) is 7.50. The number of anilines is 1. The predicted octanol–water partition coefficient (Wildman–Crippen LogP) is 2.51. The molecule has 0 spiro atoms. The molecule has 0 bridgehead atoms. The van der Waals surface area contributed by atoms with E-state index in [1.54, 1.807) is 24.3 Å². The van der Waals surface area contributed by atoms with Gasteiger partial charge in [-0.1, -0.05) is 51.1 Å². The van der Waals surface area contributed by atoms with Crippen molar-refractivity contribution >= 4 is 11.6 Å². The summed E-state index contributed by atoms with van der Waals surface area (Å²) in [6.45, 7) is 7.76. The summed E-state index contributed by atoms with van der Waals surface area (Å²) in [6, 6.07) is 17.6. The van der Waals surface area contributed by atoms with Gasteiger partial charge in [0.15, 0.2) is 6.54 Å². The molecule has 2 N–H and O–H groups in total. The number of hydrogen-bond acceptors (Lipinski definition) is 2. The molecule has 4 nitrogen and oxygen atoms in total. The van der Waals surface area contributed by atoms with Gasteiger partial charge in [0.2, 0.25) is 0 Å². The molecule has 2 rings (SSSR count). The standard InChI is InChI=1S/C21H25N3O/c1-21(2,3)18-10-8-16(9-11-18)14-24(4)15-20(25)23-19-7-5-6-17(12-19)13-22/h5-12H,14-15H2,1-4H3,(H,23,25)/p+1. The Bertz CT molecular complexity index is 767. The van der Waals surface area contributed by atoms with Crippen LogP contribution in [0.3, 0.4) is 0 Å². The topological polar surface area (TPSA) is 57.3 Å². The maximum atomic E-state index is 12.2. The molecule has 1 atom stereocenters. The molecule has 1 amide bonds. The van der Waals surface area contributed by atoms with Crippen molar-refractivity contribution in [3.63, 3.8) is 0 Å². The van der Waals surface area contributed by atoms with E-state index in [4.69, 9.17) is 5.26 Å². The number of hydrogen-bond donors (Lipinski definition) is 2. The van der Waals surface area contributed by atoms with Crippen molar-refractivity contribution in [2.45, 2.75) is 32.7 Å². The van der Waals surface area contributed by atoms with Crippen LogP contribution in [0, 0.1) is 11.3 Å². The maximum absolute atomic E-state index is 12.2. The highest BCUT2D eigenvalue weighted by Crippen LogP contribution is 2.21. The number of nitrogens with one attached hydrogen (secondary N) is 2. The lowest BCUT2D eigenvalue weighted by Gasteiger charge is -2.19. The number of nitrogens with zero attached hydrogens (tertiary/aromatic N) is 1. The minimum Gasteiger partial charge on any atom is -0.326 e. The lowest BCUT2D eigenvalue weighted by Crippen LogP contribution is -3.08. The highest BCUT2D eigenvalue weighted by atomic mass is 16.2. The van der Waals surface area contributed by atoms with E-state index < -0.39 is 0 Å². The van der Waals surface area contributed by atoms with Gasteiger partial charge in [0.05, 0.1) is 18.7 Å². The molecule has 0 aliphatic rings. The third kappa shape index (κ3) is 5.74. The average Bonchev–Trinajstić information content (AvgIpc) is 2.54. The molecule has 0 saturated carbocycles. The van der Waals surface area contributed by atoms with Gasteiger partial charge in [-0.15, -0.1) is 0 Å². The Morgan fingerprint density at radius 3 is 2.44 bits per heavy atom. The summed E-state index contributed by atoms with van der Waals surface area (Å²) in [4.78, 5) is 13.3. The summed E-state index contributed by atoms with van der Waals surface area (Å²) in [6.07, 6.45) is 0. The summed E-state index contributed by atoms with van der Waals surface area (Å²) in [7, 11) is 2.00. The van der Waals surface area contributed by atoms with Crippen molar-refractivity contribution in [1.29, 1.82) is 5.26 Å². The summed E-state index contributed by atoms with van der Waals surface area (Å²) < 4.78 is 0. The van der Waals surface area contributed by atoms with E-state index in [-0.39, 0.29) is 11.3 Å². The number of carbonyl (C=O) groups is 1. The molecule has 4 heteroatoms. The molecule has 2 aromatic carbocycles. The van der Waals surface area contributed by atoms with E-state index in [1.807, 2.05) is 7.05 Å². The van der Waals surface area contributed by atoms with E-state index in [9.17, 15) is 4.79 Å². The molecule has 0 aliphatic heterocycles. The van der Waals surface area contributed by atoms with Gasteiger partial charge in [0.1, 0.15) is 6.54 Å². The molecule has 0 aliphatic carbocycles. The zero-order chi connectivity index (χ0) is 18.4. The average molecular weight is 336 g/mol. The lowest BCUT2D eigenvalue weighted by molar-refractivity contribution is -0.885. The number of nitriles is 1. The van der Waals surface area contributed by atoms with Crippen LogP contribution in [0.15, 0.2) is 48.5 Å². The number of rotatable bonds is 5. The minimum atomic E-state index is -0.0566. The van der Waals surface area contributed by atoms with Gasteiger partial charge in [-0.05, 0) is 29.2 Å². The van der Waals surface area contributed by atoms with Gasteiger partial charge in [-0.2, -0.15) is 5.26 Å². The fourth-order valence-electron chi connectivity index (χ4n) is 2.68. The third-order valence-corrected chi connectivity index (χ3v) is 4.06. The Morgan fingerprint density at radius 2 is 1.84 bits per heavy atom. The van der Waals surface area contributed by atoms with Crippen LogP contribution in [-0.2, 0) is 16.8 Å². The molecule has 0 fully saturated rings. The van der Waals surface area contributed by atoms with Crippen LogP contribution < -0.4 is 10.2 Å². The largest absolute Gasteiger partial charge is 0.326 e. The van der Waals surface area contributed by atoms with Gasteiger partial charge < -0.3 is 10.2 Å². The van der Waals surface area contributed by atoms with E-state index in [2.05, 4.69) is 56.4 Å². The third-order valence-electron chi connectivity index (χ3n) is 4.06. The predicted molar refractivity (Wildman–Crippen MR) is 100 cm³/mol. The smallest absolute Gasteiger partial charge is 0.279 e. The first-order valence-electron chi connectivity index (χ1n) is 8.48. The number of carbonyl (C=O) groups excluding carboxylic acids is 1. The van der Waals surface area contributed by atoms with Crippen LogP contribution in [0.25, 0.3) is 0 Å². The molecule has 130 valence electrons. The summed E-state index contributed by atoms with van der Waals surface area (Å²) in [5.41, 5.74) is 3.87.